The van der Waals surface area contributed by atoms with Crippen molar-refractivity contribution in [2.24, 2.45) is 0 Å². The van der Waals surface area contributed by atoms with E-state index >= 15 is 0 Å². The van der Waals surface area contributed by atoms with Crippen LogP contribution in [0.3, 0.4) is 0 Å². The van der Waals surface area contributed by atoms with Crippen molar-refractivity contribution in [3.05, 3.63) is 35.4 Å². The quantitative estimate of drug-likeness (QED) is 0.836. The molecule has 2 N–H and O–H groups in total. The van der Waals surface area contributed by atoms with Gasteiger partial charge in [-0.25, -0.2) is 0 Å². The molecule has 1 unspecified atom stereocenters. The molecule has 5 heteroatoms. The average Bonchev–Trinajstić information content (AvgIpc) is 2.25. The Labute approximate surface area is 92.1 Å². The van der Waals surface area contributed by atoms with Crippen molar-refractivity contribution >= 4 is 0 Å². The lowest BCUT2D eigenvalue weighted by molar-refractivity contribution is -0.137. The molecule has 16 heavy (non-hydrogen) atoms. The van der Waals surface area contributed by atoms with Crippen LogP contribution in [0.5, 0.6) is 0 Å². The summed E-state index contributed by atoms with van der Waals surface area (Å²) in [6.07, 6.45) is -4.35. The fraction of sp³-hybridized carbons (Fsp3) is 0.455. The molecule has 0 spiro atoms. The zero-order valence-corrected chi connectivity index (χ0v) is 8.88. The number of benzene rings is 1. The van der Waals surface area contributed by atoms with Crippen LogP contribution >= 0.6 is 0 Å². The summed E-state index contributed by atoms with van der Waals surface area (Å²) in [5.41, 5.74) is -0.250. The van der Waals surface area contributed by atoms with E-state index in [1.165, 1.54) is 6.07 Å². The molecule has 0 heterocycles. The fourth-order valence-electron chi connectivity index (χ4n) is 1.47. The molecule has 90 valence electrons. The molecule has 0 radical (unpaired) electrons. The van der Waals surface area contributed by atoms with Gasteiger partial charge in [-0.05, 0) is 24.2 Å². The Balaban J connectivity index is 2.97. The second kappa shape index (κ2) is 5.32. The van der Waals surface area contributed by atoms with Crippen LogP contribution in [0.15, 0.2) is 24.3 Å². The molecule has 1 rings (SSSR count). The van der Waals surface area contributed by atoms with Crippen molar-refractivity contribution in [1.29, 1.82) is 0 Å². The minimum absolute atomic E-state index is 0.227. The third-order valence-electron chi connectivity index (χ3n) is 2.25. The smallest absolute Gasteiger partial charge is 0.394 e. The zero-order valence-electron chi connectivity index (χ0n) is 8.88. The van der Waals surface area contributed by atoms with Gasteiger partial charge in [0, 0.05) is 0 Å². The van der Waals surface area contributed by atoms with Crippen LogP contribution in [0.2, 0.25) is 0 Å². The van der Waals surface area contributed by atoms with E-state index in [4.69, 9.17) is 5.11 Å². The number of aliphatic hydroxyl groups is 1. The molecule has 1 atom stereocenters. The van der Waals surface area contributed by atoms with Crippen LogP contribution in [0.1, 0.15) is 24.1 Å². The van der Waals surface area contributed by atoms with E-state index in [2.05, 4.69) is 5.32 Å². The molecule has 0 aliphatic carbocycles. The minimum atomic E-state index is -4.35. The number of alkyl halides is 3. The molecule has 0 fully saturated rings. The van der Waals surface area contributed by atoms with Crippen LogP contribution in [-0.4, -0.2) is 18.3 Å². The van der Waals surface area contributed by atoms with Crippen LogP contribution < -0.4 is 5.32 Å². The number of halogens is 3. The van der Waals surface area contributed by atoms with E-state index in [1.54, 1.807) is 6.07 Å². The van der Waals surface area contributed by atoms with Gasteiger partial charge in [-0.15, -0.1) is 0 Å². The summed E-state index contributed by atoms with van der Waals surface area (Å²) >= 11 is 0. The van der Waals surface area contributed by atoms with E-state index in [1.807, 2.05) is 6.92 Å². The topological polar surface area (TPSA) is 32.3 Å². The Hall–Kier alpha value is -1.07. The maximum absolute atomic E-state index is 12.4. The molecule has 0 aromatic heterocycles. The van der Waals surface area contributed by atoms with Gasteiger partial charge in [-0.1, -0.05) is 19.1 Å². The summed E-state index contributed by atoms with van der Waals surface area (Å²) in [6, 6.07) is 4.54. The average molecular weight is 233 g/mol. The Kier molecular flexibility index (Phi) is 4.32. The second-order valence-corrected chi connectivity index (χ2v) is 3.42. The number of hydrogen-bond donors (Lipinski definition) is 2. The highest BCUT2D eigenvalue weighted by molar-refractivity contribution is 5.28. The molecule has 2 nitrogen and oxygen atoms in total. The van der Waals surface area contributed by atoms with E-state index in [-0.39, 0.29) is 6.61 Å². The lowest BCUT2D eigenvalue weighted by Crippen LogP contribution is -2.24. The van der Waals surface area contributed by atoms with Gasteiger partial charge in [0.25, 0.3) is 0 Å². The molecule has 1 aromatic carbocycles. The first-order valence-electron chi connectivity index (χ1n) is 5.00. The lowest BCUT2D eigenvalue weighted by Gasteiger charge is -2.17. The molecule has 0 saturated heterocycles. The van der Waals surface area contributed by atoms with Crippen LogP contribution in [0.25, 0.3) is 0 Å². The van der Waals surface area contributed by atoms with Crippen molar-refractivity contribution < 1.29 is 18.3 Å². The predicted octanol–water partition coefficient (Wildman–Crippen LogP) is 2.35. The highest BCUT2D eigenvalue weighted by Crippen LogP contribution is 2.30. The van der Waals surface area contributed by atoms with E-state index in [0.717, 1.165) is 12.1 Å². The maximum atomic E-state index is 12.4. The van der Waals surface area contributed by atoms with Crippen LogP contribution in [-0.2, 0) is 6.18 Å². The van der Waals surface area contributed by atoms with Gasteiger partial charge in [0.2, 0.25) is 0 Å². The Bertz CT molecular complexity index is 338. The standard InChI is InChI=1S/C11H14F3NO/c1-2-15-10(7-16)8-4-3-5-9(6-8)11(12,13)14/h3-6,10,15-16H,2,7H2,1H3. The number of likely N-dealkylation sites (N-methyl/N-ethyl adjacent to an activating group) is 1. The van der Waals surface area contributed by atoms with Gasteiger partial charge in [-0.3, -0.25) is 0 Å². The summed E-state index contributed by atoms with van der Waals surface area (Å²) in [7, 11) is 0. The largest absolute Gasteiger partial charge is 0.416 e. The van der Waals surface area contributed by atoms with Crippen molar-refractivity contribution in [1.82, 2.24) is 5.32 Å². The van der Waals surface area contributed by atoms with E-state index in [9.17, 15) is 13.2 Å². The third kappa shape index (κ3) is 3.21. The molecular weight excluding hydrogens is 219 g/mol. The molecule has 0 saturated carbocycles. The summed E-state index contributed by atoms with van der Waals surface area (Å²) in [5, 5.41) is 12.0. The number of rotatable bonds is 4. The molecule has 1 aromatic rings. The lowest BCUT2D eigenvalue weighted by atomic mass is 10.0. The van der Waals surface area contributed by atoms with Gasteiger partial charge in [0.15, 0.2) is 0 Å². The van der Waals surface area contributed by atoms with Crippen LogP contribution in [0, 0.1) is 0 Å². The van der Waals surface area contributed by atoms with Gasteiger partial charge in [-0.2, -0.15) is 13.2 Å². The first kappa shape index (κ1) is 13.0. The fourth-order valence-corrected chi connectivity index (χ4v) is 1.47. The Morgan fingerprint density at radius 1 is 1.38 bits per heavy atom. The Morgan fingerprint density at radius 2 is 2.06 bits per heavy atom. The molecule has 0 amide bonds. The van der Waals surface area contributed by atoms with Crippen molar-refractivity contribution in [2.75, 3.05) is 13.2 Å². The molecule has 0 aliphatic rings. The highest BCUT2D eigenvalue weighted by atomic mass is 19.4. The zero-order chi connectivity index (χ0) is 12.2. The summed E-state index contributed by atoms with van der Waals surface area (Å²) in [4.78, 5) is 0. The number of aliphatic hydroxyl groups excluding tert-OH is 1. The maximum Gasteiger partial charge on any atom is 0.416 e. The summed E-state index contributed by atoms with van der Waals surface area (Å²) in [5.74, 6) is 0. The van der Waals surface area contributed by atoms with Gasteiger partial charge >= 0.3 is 6.18 Å². The molecular formula is C11H14F3NO. The first-order valence-corrected chi connectivity index (χ1v) is 5.00. The minimum Gasteiger partial charge on any atom is -0.394 e. The predicted molar refractivity (Wildman–Crippen MR) is 54.9 cm³/mol. The summed E-state index contributed by atoms with van der Waals surface area (Å²) in [6.45, 7) is 2.19. The second-order valence-electron chi connectivity index (χ2n) is 3.42. The first-order chi connectivity index (χ1) is 7.49. The van der Waals surface area contributed by atoms with Crippen molar-refractivity contribution in [2.45, 2.75) is 19.1 Å². The normalized spacial score (nSPS) is 13.8. The van der Waals surface area contributed by atoms with E-state index in [0.29, 0.717) is 12.1 Å². The highest BCUT2D eigenvalue weighted by Gasteiger charge is 2.30. The van der Waals surface area contributed by atoms with Crippen molar-refractivity contribution in [3.63, 3.8) is 0 Å². The van der Waals surface area contributed by atoms with Crippen molar-refractivity contribution in [3.8, 4) is 0 Å². The number of hydrogen-bond acceptors (Lipinski definition) is 2. The van der Waals surface area contributed by atoms with Gasteiger partial charge < -0.3 is 10.4 Å². The van der Waals surface area contributed by atoms with Gasteiger partial charge in [0.05, 0.1) is 18.2 Å². The molecule has 0 aliphatic heterocycles. The third-order valence-corrected chi connectivity index (χ3v) is 2.25. The van der Waals surface area contributed by atoms with E-state index < -0.39 is 17.8 Å². The SMILES string of the molecule is CCNC(CO)c1cccc(C(F)(F)F)c1. The van der Waals surface area contributed by atoms with Gasteiger partial charge in [0.1, 0.15) is 0 Å². The Morgan fingerprint density at radius 3 is 2.56 bits per heavy atom. The monoisotopic (exact) mass is 233 g/mol. The molecule has 0 bridgehead atoms. The van der Waals surface area contributed by atoms with Crippen LogP contribution in [0.4, 0.5) is 13.2 Å². The number of nitrogens with one attached hydrogen (secondary N) is 1. The summed E-state index contributed by atoms with van der Waals surface area (Å²) < 4.78 is 37.3.